The number of piperidine rings is 1. The molecule has 5 nitrogen and oxygen atoms in total. The second-order valence-corrected chi connectivity index (χ2v) is 9.07. The van der Waals surface area contributed by atoms with Crippen LogP contribution in [0.2, 0.25) is 0 Å². The Morgan fingerprint density at radius 2 is 1.66 bits per heavy atom. The number of halogens is 3. The highest BCUT2D eigenvalue weighted by molar-refractivity contribution is 7.89. The van der Waals surface area contributed by atoms with Crippen molar-refractivity contribution in [3.8, 4) is 0 Å². The molecule has 0 unspecified atom stereocenters. The van der Waals surface area contributed by atoms with Crippen molar-refractivity contribution in [1.29, 1.82) is 0 Å². The number of anilines is 1. The molecular weight excluding hydrogens is 405 g/mol. The average Bonchev–Trinajstić information content (AvgIpc) is 2.70. The summed E-state index contributed by atoms with van der Waals surface area (Å²) in [6.45, 7) is 4.00. The molecule has 0 atom stereocenters. The van der Waals surface area contributed by atoms with Gasteiger partial charge in [0.05, 0.1) is 10.6 Å². The van der Waals surface area contributed by atoms with Crippen molar-refractivity contribution in [1.82, 2.24) is 4.31 Å². The van der Waals surface area contributed by atoms with E-state index in [1.807, 2.05) is 13.8 Å². The summed E-state index contributed by atoms with van der Waals surface area (Å²) < 4.78 is 67.0. The van der Waals surface area contributed by atoms with Crippen LogP contribution in [-0.4, -0.2) is 31.7 Å². The van der Waals surface area contributed by atoms with Crippen molar-refractivity contribution < 1.29 is 26.4 Å². The van der Waals surface area contributed by atoms with E-state index in [1.54, 1.807) is 18.2 Å². The van der Waals surface area contributed by atoms with E-state index in [0.29, 0.717) is 0 Å². The Morgan fingerprint density at radius 3 is 2.28 bits per heavy atom. The third kappa shape index (κ3) is 4.30. The quantitative estimate of drug-likeness (QED) is 0.757. The molecule has 1 heterocycles. The maximum atomic E-state index is 13.7. The average molecular weight is 426 g/mol. The Balaban J connectivity index is 1.66. The van der Waals surface area contributed by atoms with Crippen LogP contribution in [0.25, 0.3) is 0 Å². The zero-order chi connectivity index (χ0) is 21.3. The molecule has 0 spiro atoms. The molecular formula is C20H21F3N2O3S. The number of nitrogens with one attached hydrogen (secondary N) is 1. The third-order valence-electron chi connectivity index (χ3n) is 5.23. The third-order valence-corrected chi connectivity index (χ3v) is 7.13. The molecule has 156 valence electrons. The van der Waals surface area contributed by atoms with Gasteiger partial charge in [0.15, 0.2) is 17.5 Å². The van der Waals surface area contributed by atoms with Crippen LogP contribution in [-0.2, 0) is 14.8 Å². The summed E-state index contributed by atoms with van der Waals surface area (Å²) in [5.74, 6) is -5.58. The molecule has 0 saturated carbocycles. The van der Waals surface area contributed by atoms with Gasteiger partial charge in [-0.3, -0.25) is 4.79 Å². The number of sulfonamides is 1. The normalized spacial score (nSPS) is 16.0. The zero-order valence-electron chi connectivity index (χ0n) is 16.0. The highest BCUT2D eigenvalue weighted by atomic mass is 32.2. The SMILES string of the molecule is Cc1ccc(S(=O)(=O)N2CCC(C(=O)Nc3ccc(F)c(F)c3F)CC2)cc1C. The summed E-state index contributed by atoms with van der Waals surface area (Å²) >= 11 is 0. The van der Waals surface area contributed by atoms with Gasteiger partial charge in [-0.1, -0.05) is 6.07 Å². The molecule has 1 aliphatic heterocycles. The van der Waals surface area contributed by atoms with Gasteiger partial charge in [0.2, 0.25) is 15.9 Å². The lowest BCUT2D eigenvalue weighted by Crippen LogP contribution is -2.41. The van der Waals surface area contributed by atoms with Crippen molar-refractivity contribution in [2.75, 3.05) is 18.4 Å². The van der Waals surface area contributed by atoms with Crippen LogP contribution < -0.4 is 5.32 Å². The summed E-state index contributed by atoms with van der Waals surface area (Å²) in [5, 5.41) is 2.26. The van der Waals surface area contributed by atoms with Crippen LogP contribution in [0.3, 0.4) is 0 Å². The number of hydrogen-bond donors (Lipinski definition) is 1. The first-order chi connectivity index (χ1) is 13.6. The summed E-state index contributed by atoms with van der Waals surface area (Å²) in [4.78, 5) is 12.6. The fourth-order valence-electron chi connectivity index (χ4n) is 3.24. The number of hydrogen-bond acceptors (Lipinski definition) is 3. The van der Waals surface area contributed by atoms with Gasteiger partial charge in [0.1, 0.15) is 0 Å². The van der Waals surface area contributed by atoms with Gasteiger partial charge in [-0.15, -0.1) is 0 Å². The van der Waals surface area contributed by atoms with Gasteiger partial charge < -0.3 is 5.32 Å². The highest BCUT2D eigenvalue weighted by Crippen LogP contribution is 2.27. The van der Waals surface area contributed by atoms with Crippen LogP contribution in [0.4, 0.5) is 18.9 Å². The first-order valence-electron chi connectivity index (χ1n) is 9.13. The first kappa shape index (κ1) is 21.3. The van der Waals surface area contributed by atoms with E-state index in [4.69, 9.17) is 0 Å². The predicted octanol–water partition coefficient (Wildman–Crippen LogP) is 3.76. The van der Waals surface area contributed by atoms with Crippen molar-refractivity contribution in [2.24, 2.45) is 5.92 Å². The summed E-state index contributed by atoms with van der Waals surface area (Å²) in [5.41, 5.74) is 1.41. The first-order valence-corrected chi connectivity index (χ1v) is 10.6. The molecule has 1 saturated heterocycles. The second kappa shape index (κ2) is 8.16. The summed E-state index contributed by atoms with van der Waals surface area (Å²) in [7, 11) is -3.68. The second-order valence-electron chi connectivity index (χ2n) is 7.14. The standard InChI is InChI=1S/C20H21F3N2O3S/c1-12-3-4-15(11-13(12)2)29(27,28)25-9-7-14(8-10-25)20(26)24-17-6-5-16(21)18(22)19(17)23/h3-6,11,14H,7-10H2,1-2H3,(H,24,26). The monoisotopic (exact) mass is 426 g/mol. The number of rotatable bonds is 4. The number of nitrogens with zero attached hydrogens (tertiary/aromatic N) is 1. The minimum atomic E-state index is -3.68. The van der Waals surface area contributed by atoms with Crippen molar-refractivity contribution in [3.63, 3.8) is 0 Å². The van der Waals surface area contributed by atoms with E-state index in [1.165, 1.54) is 4.31 Å². The Labute approximate surface area is 167 Å². The molecule has 0 aromatic heterocycles. The molecule has 3 rings (SSSR count). The number of benzene rings is 2. The number of amides is 1. The van der Waals surface area contributed by atoms with E-state index in [9.17, 15) is 26.4 Å². The molecule has 0 aliphatic carbocycles. The smallest absolute Gasteiger partial charge is 0.243 e. The summed E-state index contributed by atoms with van der Waals surface area (Å²) in [6.07, 6.45) is 0.475. The maximum absolute atomic E-state index is 13.7. The highest BCUT2D eigenvalue weighted by Gasteiger charge is 2.32. The zero-order valence-corrected chi connectivity index (χ0v) is 16.8. The maximum Gasteiger partial charge on any atom is 0.243 e. The van der Waals surface area contributed by atoms with Gasteiger partial charge in [0.25, 0.3) is 0 Å². The fraction of sp³-hybridized carbons (Fsp3) is 0.350. The van der Waals surface area contributed by atoms with Crippen LogP contribution >= 0.6 is 0 Å². The Morgan fingerprint density at radius 1 is 1.00 bits per heavy atom. The van der Waals surface area contributed by atoms with Crippen LogP contribution in [0.5, 0.6) is 0 Å². The molecule has 2 aromatic carbocycles. The van der Waals surface area contributed by atoms with E-state index in [0.717, 1.165) is 23.3 Å². The van der Waals surface area contributed by atoms with Gasteiger partial charge in [-0.2, -0.15) is 4.31 Å². The largest absolute Gasteiger partial charge is 0.323 e. The molecule has 1 amide bonds. The van der Waals surface area contributed by atoms with E-state index >= 15 is 0 Å². The Bertz CT molecular complexity index is 1050. The van der Waals surface area contributed by atoms with Gasteiger partial charge in [-0.25, -0.2) is 21.6 Å². The molecule has 9 heteroatoms. The lowest BCUT2D eigenvalue weighted by molar-refractivity contribution is -0.120. The van der Waals surface area contributed by atoms with E-state index < -0.39 is 45.0 Å². The summed E-state index contributed by atoms with van der Waals surface area (Å²) in [6, 6.07) is 6.61. The molecule has 1 aliphatic rings. The number of carbonyl (C=O) groups is 1. The Hall–Kier alpha value is -2.39. The van der Waals surface area contributed by atoms with Gasteiger partial charge >= 0.3 is 0 Å². The van der Waals surface area contributed by atoms with E-state index in [-0.39, 0.29) is 30.8 Å². The molecule has 0 bridgehead atoms. The number of carbonyl (C=O) groups excluding carboxylic acids is 1. The predicted molar refractivity (Wildman–Crippen MR) is 102 cm³/mol. The van der Waals surface area contributed by atoms with Crippen molar-refractivity contribution >= 4 is 21.6 Å². The minimum absolute atomic E-state index is 0.133. The van der Waals surface area contributed by atoms with E-state index in [2.05, 4.69) is 5.32 Å². The van der Waals surface area contributed by atoms with Crippen molar-refractivity contribution in [3.05, 3.63) is 58.9 Å². The van der Waals surface area contributed by atoms with Crippen molar-refractivity contribution in [2.45, 2.75) is 31.6 Å². The molecule has 29 heavy (non-hydrogen) atoms. The lowest BCUT2D eigenvalue weighted by atomic mass is 9.97. The Kier molecular flexibility index (Phi) is 6.00. The molecule has 0 radical (unpaired) electrons. The van der Waals surface area contributed by atoms with Gasteiger partial charge in [0, 0.05) is 19.0 Å². The molecule has 1 fully saturated rings. The lowest BCUT2D eigenvalue weighted by Gasteiger charge is -2.30. The molecule has 1 N–H and O–H groups in total. The fourth-order valence-corrected chi connectivity index (χ4v) is 4.79. The van der Waals surface area contributed by atoms with Crippen LogP contribution in [0.15, 0.2) is 35.2 Å². The number of aryl methyl sites for hydroxylation is 2. The van der Waals surface area contributed by atoms with Crippen LogP contribution in [0.1, 0.15) is 24.0 Å². The topological polar surface area (TPSA) is 66.5 Å². The van der Waals surface area contributed by atoms with Gasteiger partial charge in [-0.05, 0) is 62.1 Å². The minimum Gasteiger partial charge on any atom is -0.323 e. The molecule has 2 aromatic rings. The van der Waals surface area contributed by atoms with Crippen LogP contribution in [0, 0.1) is 37.2 Å².